The maximum Gasteiger partial charge on any atom is 0.191 e. The molecule has 5 nitrogen and oxygen atoms in total. The van der Waals surface area contributed by atoms with Crippen molar-refractivity contribution in [3.05, 3.63) is 35.4 Å². The van der Waals surface area contributed by atoms with Crippen molar-refractivity contribution in [3.8, 4) is 0 Å². The smallest absolute Gasteiger partial charge is 0.191 e. The van der Waals surface area contributed by atoms with E-state index >= 15 is 0 Å². The lowest BCUT2D eigenvalue weighted by Gasteiger charge is -2.11. The lowest BCUT2D eigenvalue weighted by Crippen LogP contribution is -2.37. The molecule has 0 atom stereocenters. The zero-order valence-corrected chi connectivity index (χ0v) is 17.5. The number of benzene rings is 1. The molecule has 0 bridgehead atoms. The standard InChI is InChI=1S/C18H31N3O2.HI/c1-4-19-18(20-11-6-7-12-23-5-2)21-14-16-9-8-10-17(13-16)15-22-3;/h8-10,13H,4-7,11-12,14-15H2,1-3H3,(H2,19,20,21);1H. The number of halogens is 1. The number of hydrogen-bond donors (Lipinski definition) is 2. The quantitative estimate of drug-likeness (QED) is 0.236. The van der Waals surface area contributed by atoms with E-state index in [0.29, 0.717) is 13.2 Å². The van der Waals surface area contributed by atoms with Crippen LogP contribution in [0.2, 0.25) is 0 Å². The van der Waals surface area contributed by atoms with E-state index < -0.39 is 0 Å². The van der Waals surface area contributed by atoms with Crippen LogP contribution in [0, 0.1) is 0 Å². The molecule has 0 aliphatic rings. The van der Waals surface area contributed by atoms with Crippen molar-refractivity contribution in [2.45, 2.75) is 39.8 Å². The van der Waals surface area contributed by atoms with E-state index in [2.05, 4.69) is 40.7 Å². The normalized spacial score (nSPS) is 11.0. The Labute approximate surface area is 163 Å². The van der Waals surface area contributed by atoms with Gasteiger partial charge in [0.05, 0.1) is 13.2 Å². The number of unbranched alkanes of at least 4 members (excludes halogenated alkanes) is 1. The molecule has 0 aliphatic carbocycles. The molecule has 0 aliphatic heterocycles. The van der Waals surface area contributed by atoms with Crippen LogP contribution in [0.25, 0.3) is 0 Å². The van der Waals surface area contributed by atoms with E-state index in [-0.39, 0.29) is 24.0 Å². The van der Waals surface area contributed by atoms with Gasteiger partial charge >= 0.3 is 0 Å². The highest BCUT2D eigenvalue weighted by Gasteiger charge is 1.99. The minimum Gasteiger partial charge on any atom is -0.382 e. The second-order valence-electron chi connectivity index (χ2n) is 5.28. The van der Waals surface area contributed by atoms with Gasteiger partial charge in [0.15, 0.2) is 5.96 Å². The lowest BCUT2D eigenvalue weighted by atomic mass is 10.1. The molecule has 0 radical (unpaired) electrons. The summed E-state index contributed by atoms with van der Waals surface area (Å²) in [5.41, 5.74) is 2.36. The minimum atomic E-state index is 0. The fraction of sp³-hybridized carbons (Fsp3) is 0.611. The highest BCUT2D eigenvalue weighted by molar-refractivity contribution is 14.0. The number of guanidine groups is 1. The van der Waals surface area contributed by atoms with Gasteiger partial charge in [-0.15, -0.1) is 24.0 Å². The molecule has 0 fully saturated rings. The van der Waals surface area contributed by atoms with Crippen LogP contribution < -0.4 is 10.6 Å². The Bertz CT molecular complexity index is 456. The van der Waals surface area contributed by atoms with Gasteiger partial charge in [-0.3, -0.25) is 0 Å². The molecule has 24 heavy (non-hydrogen) atoms. The number of aliphatic imine (C=N–C) groups is 1. The molecule has 138 valence electrons. The molecule has 0 unspecified atom stereocenters. The Kier molecular flexibility index (Phi) is 15.1. The van der Waals surface area contributed by atoms with Gasteiger partial charge < -0.3 is 20.1 Å². The molecule has 1 aromatic carbocycles. The SMILES string of the molecule is CCNC(=NCc1cccc(COC)c1)NCCCCOCC.I. The van der Waals surface area contributed by atoms with Crippen LogP contribution in [-0.2, 0) is 22.6 Å². The van der Waals surface area contributed by atoms with Gasteiger partial charge in [-0.05, 0) is 37.8 Å². The van der Waals surface area contributed by atoms with Crippen LogP contribution in [0.1, 0.15) is 37.8 Å². The molecular formula is C18H32IN3O2. The molecule has 1 aromatic rings. The summed E-state index contributed by atoms with van der Waals surface area (Å²) in [5, 5.41) is 6.64. The van der Waals surface area contributed by atoms with Gasteiger partial charge in [0, 0.05) is 33.4 Å². The summed E-state index contributed by atoms with van der Waals surface area (Å²) in [7, 11) is 1.71. The first-order chi connectivity index (χ1) is 11.3. The third-order valence-electron chi connectivity index (χ3n) is 3.28. The number of nitrogens with one attached hydrogen (secondary N) is 2. The van der Waals surface area contributed by atoms with Crippen LogP contribution in [0.15, 0.2) is 29.3 Å². The van der Waals surface area contributed by atoms with Crippen LogP contribution in [0.4, 0.5) is 0 Å². The minimum absolute atomic E-state index is 0. The van der Waals surface area contributed by atoms with E-state index in [4.69, 9.17) is 9.47 Å². The fourth-order valence-electron chi connectivity index (χ4n) is 2.18. The molecule has 0 amide bonds. The average Bonchev–Trinajstić information content (AvgIpc) is 2.56. The molecule has 0 heterocycles. The highest BCUT2D eigenvalue weighted by Crippen LogP contribution is 2.07. The first-order valence-electron chi connectivity index (χ1n) is 8.46. The topological polar surface area (TPSA) is 54.9 Å². The molecular weight excluding hydrogens is 417 g/mol. The van der Waals surface area contributed by atoms with Gasteiger partial charge in [0.1, 0.15) is 0 Å². The summed E-state index contributed by atoms with van der Waals surface area (Å²) >= 11 is 0. The van der Waals surface area contributed by atoms with Crippen molar-refractivity contribution in [2.75, 3.05) is 33.4 Å². The molecule has 6 heteroatoms. The third-order valence-corrected chi connectivity index (χ3v) is 3.28. The van der Waals surface area contributed by atoms with E-state index in [9.17, 15) is 0 Å². The maximum absolute atomic E-state index is 5.34. The number of nitrogens with zero attached hydrogens (tertiary/aromatic N) is 1. The van der Waals surface area contributed by atoms with E-state index in [1.807, 2.05) is 13.0 Å². The summed E-state index contributed by atoms with van der Waals surface area (Å²) < 4.78 is 10.5. The zero-order valence-electron chi connectivity index (χ0n) is 15.1. The summed E-state index contributed by atoms with van der Waals surface area (Å²) in [6.07, 6.45) is 2.15. The monoisotopic (exact) mass is 449 g/mol. The fourth-order valence-corrected chi connectivity index (χ4v) is 2.18. The van der Waals surface area contributed by atoms with Gasteiger partial charge in [0.2, 0.25) is 0 Å². The van der Waals surface area contributed by atoms with E-state index in [1.165, 1.54) is 11.1 Å². The van der Waals surface area contributed by atoms with Crippen LogP contribution >= 0.6 is 24.0 Å². The summed E-state index contributed by atoms with van der Waals surface area (Å²) in [6, 6.07) is 8.35. The van der Waals surface area contributed by atoms with Crippen LogP contribution in [0.5, 0.6) is 0 Å². The molecule has 0 aromatic heterocycles. The predicted octanol–water partition coefficient (Wildman–Crippen LogP) is 3.32. The molecule has 0 spiro atoms. The summed E-state index contributed by atoms with van der Waals surface area (Å²) in [4.78, 5) is 4.64. The van der Waals surface area contributed by atoms with Crippen molar-refractivity contribution >= 4 is 29.9 Å². The molecule has 0 saturated heterocycles. The number of methoxy groups -OCH3 is 1. The molecule has 1 rings (SSSR count). The Morgan fingerprint density at radius 1 is 1.12 bits per heavy atom. The third kappa shape index (κ3) is 10.8. The zero-order chi connectivity index (χ0) is 16.8. The largest absolute Gasteiger partial charge is 0.382 e. The highest BCUT2D eigenvalue weighted by atomic mass is 127. The Morgan fingerprint density at radius 2 is 1.92 bits per heavy atom. The number of rotatable bonds is 11. The van der Waals surface area contributed by atoms with Crippen molar-refractivity contribution < 1.29 is 9.47 Å². The lowest BCUT2D eigenvalue weighted by molar-refractivity contribution is 0.143. The summed E-state index contributed by atoms with van der Waals surface area (Å²) in [5.74, 6) is 0.862. The Morgan fingerprint density at radius 3 is 2.62 bits per heavy atom. The van der Waals surface area contributed by atoms with Crippen molar-refractivity contribution in [2.24, 2.45) is 4.99 Å². The Hall–Kier alpha value is -0.860. The first-order valence-corrected chi connectivity index (χ1v) is 8.46. The number of ether oxygens (including phenoxy) is 2. The Balaban J connectivity index is 0.00000529. The van der Waals surface area contributed by atoms with Crippen molar-refractivity contribution in [3.63, 3.8) is 0 Å². The first kappa shape index (κ1) is 23.1. The van der Waals surface area contributed by atoms with E-state index in [0.717, 1.165) is 45.1 Å². The second-order valence-corrected chi connectivity index (χ2v) is 5.28. The average molecular weight is 449 g/mol. The second kappa shape index (κ2) is 15.7. The maximum atomic E-state index is 5.34. The van der Waals surface area contributed by atoms with Crippen molar-refractivity contribution in [1.82, 2.24) is 10.6 Å². The van der Waals surface area contributed by atoms with E-state index in [1.54, 1.807) is 7.11 Å². The van der Waals surface area contributed by atoms with Gasteiger partial charge in [-0.1, -0.05) is 24.3 Å². The van der Waals surface area contributed by atoms with Gasteiger partial charge in [0.25, 0.3) is 0 Å². The van der Waals surface area contributed by atoms with Gasteiger partial charge in [-0.25, -0.2) is 4.99 Å². The summed E-state index contributed by atoms with van der Waals surface area (Å²) in [6.45, 7) is 8.78. The predicted molar refractivity (Wildman–Crippen MR) is 111 cm³/mol. The number of hydrogen-bond acceptors (Lipinski definition) is 3. The van der Waals surface area contributed by atoms with Gasteiger partial charge in [-0.2, -0.15) is 0 Å². The van der Waals surface area contributed by atoms with Crippen LogP contribution in [0.3, 0.4) is 0 Å². The molecule has 0 saturated carbocycles. The van der Waals surface area contributed by atoms with Crippen molar-refractivity contribution in [1.29, 1.82) is 0 Å². The molecule has 2 N–H and O–H groups in total. The van der Waals surface area contributed by atoms with Crippen LogP contribution in [-0.4, -0.2) is 39.4 Å².